The van der Waals surface area contributed by atoms with E-state index in [1.165, 1.54) is 0 Å². The lowest BCUT2D eigenvalue weighted by Gasteiger charge is -2.12. The first kappa shape index (κ1) is 12.4. The molecule has 1 rings (SSSR count). The Hall–Kier alpha value is -0.700. The fourth-order valence-electron chi connectivity index (χ4n) is 1.08. The third-order valence-corrected chi connectivity index (χ3v) is 2.54. The van der Waals surface area contributed by atoms with Gasteiger partial charge >= 0.3 is 0 Å². The monoisotopic (exact) mass is 271 g/mol. The van der Waals surface area contributed by atoms with Gasteiger partial charge in [-0.3, -0.25) is 4.99 Å². The summed E-state index contributed by atoms with van der Waals surface area (Å²) in [5.41, 5.74) is 1.27. The average Bonchev–Trinajstić information content (AvgIpc) is 2.10. The summed E-state index contributed by atoms with van der Waals surface area (Å²) >= 11 is 3.16. The van der Waals surface area contributed by atoms with Crippen molar-refractivity contribution in [3.63, 3.8) is 0 Å². The first-order valence-corrected chi connectivity index (χ1v) is 5.60. The van der Waals surface area contributed by atoms with Crippen molar-refractivity contribution in [3.05, 3.63) is 33.5 Å². The van der Waals surface area contributed by atoms with Gasteiger partial charge in [-0.25, -0.2) is 4.39 Å². The number of hydrogen-bond acceptors (Lipinski definition) is 1. The minimum absolute atomic E-state index is 0.179. The van der Waals surface area contributed by atoms with Crippen LogP contribution in [0.1, 0.15) is 31.9 Å². The van der Waals surface area contributed by atoms with Crippen molar-refractivity contribution in [2.24, 2.45) is 4.99 Å². The zero-order chi connectivity index (χ0) is 11.6. The molecule has 0 amide bonds. The van der Waals surface area contributed by atoms with Gasteiger partial charge in [0.05, 0.1) is 10.0 Å². The van der Waals surface area contributed by atoms with E-state index in [1.54, 1.807) is 12.3 Å². The second-order valence-corrected chi connectivity index (χ2v) is 5.38. The van der Waals surface area contributed by atoms with Crippen LogP contribution in [0.15, 0.2) is 21.6 Å². The lowest BCUT2D eigenvalue weighted by atomic mass is 10.1. The Kier molecular flexibility index (Phi) is 3.66. The second-order valence-electron chi connectivity index (χ2n) is 4.52. The molecule has 0 saturated carbocycles. The van der Waals surface area contributed by atoms with E-state index in [1.807, 2.05) is 33.8 Å². The molecule has 0 heterocycles. The van der Waals surface area contributed by atoms with Crippen LogP contribution in [0, 0.1) is 12.7 Å². The molecule has 1 aromatic carbocycles. The maximum Gasteiger partial charge on any atom is 0.146 e. The van der Waals surface area contributed by atoms with Crippen molar-refractivity contribution in [3.8, 4) is 0 Å². The van der Waals surface area contributed by atoms with Gasteiger partial charge in [-0.15, -0.1) is 0 Å². The molecule has 0 bridgehead atoms. The molecule has 0 saturated heterocycles. The van der Waals surface area contributed by atoms with Gasteiger partial charge in [0, 0.05) is 11.8 Å². The molecular weight excluding hydrogens is 257 g/mol. The van der Waals surface area contributed by atoms with Gasteiger partial charge in [0.2, 0.25) is 0 Å². The van der Waals surface area contributed by atoms with Crippen LogP contribution >= 0.6 is 15.9 Å². The summed E-state index contributed by atoms with van der Waals surface area (Å²) in [5, 5.41) is 0. The quantitative estimate of drug-likeness (QED) is 0.682. The molecule has 0 N–H and O–H groups in total. The largest absolute Gasteiger partial charge is 0.287 e. The molecule has 0 aliphatic carbocycles. The highest BCUT2D eigenvalue weighted by atomic mass is 79.9. The SMILES string of the molecule is Cc1ccc(Br)c(F)c1/C=N/C(C)(C)C. The van der Waals surface area contributed by atoms with Crippen LogP contribution in [0.5, 0.6) is 0 Å². The number of rotatable bonds is 1. The van der Waals surface area contributed by atoms with Crippen molar-refractivity contribution in [1.82, 2.24) is 0 Å². The van der Waals surface area contributed by atoms with Crippen LogP contribution in [0.3, 0.4) is 0 Å². The molecule has 1 nitrogen and oxygen atoms in total. The van der Waals surface area contributed by atoms with Gasteiger partial charge in [0.1, 0.15) is 5.82 Å². The summed E-state index contributed by atoms with van der Waals surface area (Å²) in [5.74, 6) is -0.247. The number of nitrogens with zero attached hydrogens (tertiary/aromatic N) is 1. The summed E-state index contributed by atoms with van der Waals surface area (Å²) in [6, 6.07) is 3.58. The molecule has 0 radical (unpaired) electrons. The molecule has 0 aliphatic rings. The number of halogens is 2. The van der Waals surface area contributed by atoms with E-state index in [0.717, 1.165) is 5.56 Å². The Bertz CT molecular complexity index is 391. The molecule has 0 aromatic heterocycles. The Morgan fingerprint density at radius 2 is 1.93 bits per heavy atom. The van der Waals surface area contributed by atoms with Gasteiger partial charge < -0.3 is 0 Å². The topological polar surface area (TPSA) is 12.4 Å². The third-order valence-electron chi connectivity index (χ3n) is 1.93. The van der Waals surface area contributed by atoms with Crippen LogP contribution < -0.4 is 0 Å². The minimum Gasteiger partial charge on any atom is -0.287 e. The summed E-state index contributed by atoms with van der Waals surface area (Å²) in [4.78, 5) is 4.30. The van der Waals surface area contributed by atoms with Crippen molar-refractivity contribution in [2.75, 3.05) is 0 Å². The number of aryl methyl sites for hydroxylation is 1. The number of hydrogen-bond donors (Lipinski definition) is 0. The van der Waals surface area contributed by atoms with E-state index in [9.17, 15) is 4.39 Å². The first-order chi connectivity index (χ1) is 6.81. The molecule has 3 heteroatoms. The second kappa shape index (κ2) is 4.44. The minimum atomic E-state index is -0.247. The smallest absolute Gasteiger partial charge is 0.146 e. The molecule has 0 aliphatic heterocycles. The highest BCUT2D eigenvalue weighted by Crippen LogP contribution is 2.21. The Balaban J connectivity index is 3.15. The fraction of sp³-hybridized carbons (Fsp3) is 0.417. The molecule has 0 atom stereocenters. The van der Waals surface area contributed by atoms with Gasteiger partial charge in [-0.1, -0.05) is 6.07 Å². The highest BCUT2D eigenvalue weighted by Gasteiger charge is 2.10. The predicted molar refractivity (Wildman–Crippen MR) is 66.2 cm³/mol. The Morgan fingerprint density at radius 1 is 1.33 bits per heavy atom. The Morgan fingerprint density at radius 3 is 2.47 bits per heavy atom. The summed E-state index contributed by atoms with van der Waals surface area (Å²) < 4.78 is 14.2. The van der Waals surface area contributed by atoms with Crippen molar-refractivity contribution in [2.45, 2.75) is 33.2 Å². The van der Waals surface area contributed by atoms with E-state index in [-0.39, 0.29) is 11.4 Å². The first-order valence-electron chi connectivity index (χ1n) is 4.81. The average molecular weight is 272 g/mol. The lowest BCUT2D eigenvalue weighted by Crippen LogP contribution is -2.10. The molecule has 1 aromatic rings. The molecule has 15 heavy (non-hydrogen) atoms. The highest BCUT2D eigenvalue weighted by molar-refractivity contribution is 9.10. The van der Waals surface area contributed by atoms with Gasteiger partial charge in [0.15, 0.2) is 0 Å². The molecule has 0 unspecified atom stereocenters. The lowest BCUT2D eigenvalue weighted by molar-refractivity contribution is 0.584. The van der Waals surface area contributed by atoms with Crippen LogP contribution in [0.25, 0.3) is 0 Å². The van der Waals surface area contributed by atoms with Gasteiger partial charge in [-0.2, -0.15) is 0 Å². The molecule has 82 valence electrons. The number of aliphatic imine (C=N–C) groups is 1. The maximum absolute atomic E-state index is 13.7. The molecule has 0 spiro atoms. The standard InChI is InChI=1S/C12H15BrFN/c1-8-5-6-10(13)11(14)9(8)7-15-12(2,3)4/h5-7H,1-4H3/b15-7+. The fourth-order valence-corrected chi connectivity index (χ4v) is 1.43. The van der Waals surface area contributed by atoms with E-state index in [0.29, 0.717) is 10.0 Å². The zero-order valence-corrected chi connectivity index (χ0v) is 11.0. The summed E-state index contributed by atoms with van der Waals surface area (Å²) in [7, 11) is 0. The number of benzene rings is 1. The summed E-state index contributed by atoms with van der Waals surface area (Å²) in [6.45, 7) is 7.82. The molecule has 0 fully saturated rings. The van der Waals surface area contributed by atoms with Gasteiger partial charge in [-0.05, 0) is 55.3 Å². The summed E-state index contributed by atoms with van der Waals surface area (Å²) in [6.07, 6.45) is 1.61. The van der Waals surface area contributed by atoms with Crippen LogP contribution in [0.2, 0.25) is 0 Å². The third kappa shape index (κ3) is 3.42. The van der Waals surface area contributed by atoms with E-state index in [2.05, 4.69) is 20.9 Å². The van der Waals surface area contributed by atoms with Crippen molar-refractivity contribution in [1.29, 1.82) is 0 Å². The van der Waals surface area contributed by atoms with Crippen LogP contribution in [-0.2, 0) is 0 Å². The van der Waals surface area contributed by atoms with Crippen LogP contribution in [-0.4, -0.2) is 11.8 Å². The predicted octanol–water partition coefficient (Wildman–Crippen LogP) is 4.11. The molecular formula is C12H15BrFN. The Labute approximate surface area is 98.5 Å². The van der Waals surface area contributed by atoms with E-state index >= 15 is 0 Å². The maximum atomic E-state index is 13.7. The van der Waals surface area contributed by atoms with E-state index < -0.39 is 0 Å². The van der Waals surface area contributed by atoms with Crippen LogP contribution in [0.4, 0.5) is 4.39 Å². The van der Waals surface area contributed by atoms with Crippen molar-refractivity contribution < 1.29 is 4.39 Å². The van der Waals surface area contributed by atoms with Crippen molar-refractivity contribution >= 4 is 22.1 Å². The van der Waals surface area contributed by atoms with Gasteiger partial charge in [0.25, 0.3) is 0 Å². The normalized spacial score (nSPS) is 12.4. The van der Waals surface area contributed by atoms with E-state index in [4.69, 9.17) is 0 Å². The zero-order valence-electron chi connectivity index (χ0n) is 9.44.